The number of methoxy groups -OCH3 is 1. The third kappa shape index (κ3) is 2.52. The molecule has 0 bridgehead atoms. The van der Waals surface area contributed by atoms with Crippen LogP contribution in [0.4, 0.5) is 0 Å². The molecule has 0 aliphatic heterocycles. The molecule has 0 spiro atoms. The number of hydrogen-bond donors (Lipinski definition) is 1. The Balaban J connectivity index is 1.86. The van der Waals surface area contributed by atoms with E-state index in [1.165, 1.54) is 19.2 Å². The molecule has 0 fully saturated rings. The van der Waals surface area contributed by atoms with E-state index in [1.54, 1.807) is 18.4 Å². The number of fused-ring (bicyclic) bond motifs is 3. The van der Waals surface area contributed by atoms with E-state index in [-0.39, 0.29) is 11.5 Å². The largest absolute Gasteiger partial charge is 0.496 e. The molecule has 2 aliphatic rings. The first-order valence-corrected chi connectivity index (χ1v) is 10.6. The first-order chi connectivity index (χ1) is 13.7. The lowest BCUT2D eigenvalue weighted by Gasteiger charge is -2.39. The summed E-state index contributed by atoms with van der Waals surface area (Å²) in [7, 11) is -3.23. The molecule has 150 valence electrons. The minimum absolute atomic E-state index is 0.0313. The minimum atomic E-state index is -4.71. The zero-order valence-electron chi connectivity index (χ0n) is 15.8. The van der Waals surface area contributed by atoms with Crippen LogP contribution in [0.5, 0.6) is 11.5 Å². The van der Waals surface area contributed by atoms with Crippen LogP contribution in [0.2, 0.25) is 0 Å². The molecule has 0 amide bonds. The van der Waals surface area contributed by atoms with Gasteiger partial charge in [0.2, 0.25) is 5.78 Å². The van der Waals surface area contributed by atoms with Crippen LogP contribution >= 0.6 is 0 Å². The van der Waals surface area contributed by atoms with E-state index in [1.807, 2.05) is 0 Å². The second kappa shape index (κ2) is 5.84. The monoisotopic (exact) mass is 414 g/mol. The van der Waals surface area contributed by atoms with Gasteiger partial charge in [0.15, 0.2) is 11.5 Å². The van der Waals surface area contributed by atoms with Gasteiger partial charge < -0.3 is 13.3 Å². The third-order valence-electron chi connectivity index (χ3n) is 6.08. The fourth-order valence-electron chi connectivity index (χ4n) is 4.85. The lowest BCUT2D eigenvalue weighted by molar-refractivity contribution is 0.0998. The number of ether oxygens (including phenoxy) is 1. The van der Waals surface area contributed by atoms with Gasteiger partial charge in [0, 0.05) is 27.3 Å². The average Bonchev–Trinajstić information content (AvgIpc) is 3.11. The Morgan fingerprint density at radius 3 is 2.62 bits per heavy atom. The van der Waals surface area contributed by atoms with Crippen molar-refractivity contribution in [3.05, 3.63) is 58.5 Å². The summed E-state index contributed by atoms with van der Waals surface area (Å²) in [5.74, 6) is 0.596. The lowest BCUT2D eigenvalue weighted by atomic mass is 9.63. The molecule has 1 heterocycles. The fraction of sp³-hybridized carbons (Fsp3) is 0.286. The van der Waals surface area contributed by atoms with Crippen molar-refractivity contribution in [2.45, 2.75) is 31.6 Å². The normalized spacial score (nSPS) is 20.3. The van der Waals surface area contributed by atoms with Crippen LogP contribution in [0.25, 0.3) is 10.8 Å². The molecule has 7 nitrogen and oxygen atoms in total. The topological polar surface area (TPSA) is 103 Å². The maximum absolute atomic E-state index is 13.2. The number of hydrogen-bond acceptors (Lipinski definition) is 6. The second-order valence-electron chi connectivity index (χ2n) is 7.70. The number of aryl methyl sites for hydroxylation is 1. The number of carbonyl (C=O) groups is 1. The van der Waals surface area contributed by atoms with Gasteiger partial charge in [0.05, 0.1) is 13.4 Å². The summed E-state index contributed by atoms with van der Waals surface area (Å²) in [5, 5.41) is 0.948. The molecule has 1 N–H and O–H groups in total. The highest BCUT2D eigenvalue weighted by Gasteiger charge is 2.46. The highest BCUT2D eigenvalue weighted by molar-refractivity contribution is 7.81. The fourth-order valence-corrected chi connectivity index (χ4v) is 5.22. The molecule has 0 saturated heterocycles. The number of rotatable bonds is 3. The van der Waals surface area contributed by atoms with E-state index in [0.29, 0.717) is 27.8 Å². The van der Waals surface area contributed by atoms with Crippen molar-refractivity contribution in [2.75, 3.05) is 7.11 Å². The van der Waals surface area contributed by atoms with Gasteiger partial charge in [-0.05, 0) is 54.7 Å². The number of carbonyl (C=O) groups excluding carboxylic acids is 1. The molecule has 1 atom stereocenters. The Bertz CT molecular complexity index is 1300. The van der Waals surface area contributed by atoms with Crippen LogP contribution in [0.3, 0.4) is 0 Å². The van der Waals surface area contributed by atoms with E-state index in [4.69, 9.17) is 13.3 Å². The van der Waals surface area contributed by atoms with Gasteiger partial charge in [-0.25, -0.2) is 0 Å². The first-order valence-electron chi connectivity index (χ1n) is 9.20. The SMILES string of the molecule is COc1ccc(OS(=O)(=O)O)c2cc3c(cc12)C(=O)c1occ2c1[C@@]3(C)CCC2. The van der Waals surface area contributed by atoms with Crippen molar-refractivity contribution in [3.8, 4) is 11.5 Å². The van der Waals surface area contributed by atoms with Crippen LogP contribution in [0, 0.1) is 0 Å². The number of ketones is 1. The summed E-state index contributed by atoms with van der Waals surface area (Å²) in [6.45, 7) is 2.07. The van der Waals surface area contributed by atoms with Crippen molar-refractivity contribution in [1.82, 2.24) is 0 Å². The zero-order valence-corrected chi connectivity index (χ0v) is 16.6. The minimum Gasteiger partial charge on any atom is -0.496 e. The molecule has 8 heteroatoms. The Morgan fingerprint density at radius 1 is 1.17 bits per heavy atom. The molecule has 5 rings (SSSR count). The molecular formula is C21H18O7S. The van der Waals surface area contributed by atoms with Gasteiger partial charge in [-0.15, -0.1) is 0 Å². The summed E-state index contributed by atoms with van der Waals surface area (Å²) in [4.78, 5) is 13.2. The van der Waals surface area contributed by atoms with Gasteiger partial charge in [-0.1, -0.05) is 6.92 Å². The molecule has 0 unspecified atom stereocenters. The van der Waals surface area contributed by atoms with E-state index in [0.717, 1.165) is 36.0 Å². The maximum atomic E-state index is 13.2. The van der Waals surface area contributed by atoms with Gasteiger partial charge in [-0.2, -0.15) is 8.42 Å². The summed E-state index contributed by atoms with van der Waals surface area (Å²) in [6.07, 6.45) is 4.30. The van der Waals surface area contributed by atoms with Crippen LogP contribution < -0.4 is 8.92 Å². The van der Waals surface area contributed by atoms with Crippen LogP contribution in [-0.2, 0) is 22.2 Å². The van der Waals surface area contributed by atoms with Crippen LogP contribution in [-0.4, -0.2) is 25.9 Å². The molecule has 1 aromatic heterocycles. The van der Waals surface area contributed by atoms with Crippen molar-refractivity contribution >= 4 is 27.0 Å². The molecular weight excluding hydrogens is 396 g/mol. The Labute approximate surface area is 167 Å². The average molecular weight is 414 g/mol. The standard InChI is InChI=1S/C21H18O7S/c1-21-7-3-4-11-10-27-20(18(11)21)19(22)14-8-12-13(9-15(14)21)17(28-29(23,24)25)6-5-16(12)26-2/h5-6,8-10H,3-4,7H2,1-2H3,(H,23,24,25)/t21-/m0/s1. The molecule has 0 saturated carbocycles. The van der Waals surface area contributed by atoms with Crippen molar-refractivity contribution in [2.24, 2.45) is 0 Å². The van der Waals surface area contributed by atoms with Crippen molar-refractivity contribution in [3.63, 3.8) is 0 Å². The highest BCUT2D eigenvalue weighted by atomic mass is 32.3. The highest BCUT2D eigenvalue weighted by Crippen LogP contribution is 2.51. The van der Waals surface area contributed by atoms with Gasteiger partial charge in [-0.3, -0.25) is 9.35 Å². The molecule has 0 radical (unpaired) electrons. The first kappa shape index (κ1) is 18.2. The summed E-state index contributed by atoms with van der Waals surface area (Å²) in [6, 6.07) is 6.41. The predicted molar refractivity (Wildman–Crippen MR) is 104 cm³/mol. The Kier molecular flexibility index (Phi) is 3.66. The van der Waals surface area contributed by atoms with E-state index in [2.05, 4.69) is 6.92 Å². The van der Waals surface area contributed by atoms with Crippen molar-refractivity contribution in [1.29, 1.82) is 0 Å². The smallest absolute Gasteiger partial charge is 0.446 e. The number of benzene rings is 2. The maximum Gasteiger partial charge on any atom is 0.446 e. The van der Waals surface area contributed by atoms with Gasteiger partial charge in [0.1, 0.15) is 5.75 Å². The quantitative estimate of drug-likeness (QED) is 0.650. The van der Waals surface area contributed by atoms with Gasteiger partial charge in [0.25, 0.3) is 0 Å². The summed E-state index contributed by atoms with van der Waals surface area (Å²) < 4.78 is 47.7. The molecule has 2 aromatic carbocycles. The van der Waals surface area contributed by atoms with E-state index >= 15 is 0 Å². The summed E-state index contributed by atoms with van der Waals surface area (Å²) >= 11 is 0. The second-order valence-corrected chi connectivity index (χ2v) is 8.72. The lowest BCUT2D eigenvalue weighted by Crippen LogP contribution is -2.35. The van der Waals surface area contributed by atoms with Crippen molar-refractivity contribution < 1.29 is 31.1 Å². The summed E-state index contributed by atoms with van der Waals surface area (Å²) in [5.41, 5.74) is 2.80. The molecule has 2 aliphatic carbocycles. The zero-order chi connectivity index (χ0) is 20.6. The van der Waals surface area contributed by atoms with Gasteiger partial charge >= 0.3 is 10.4 Å². The van der Waals surface area contributed by atoms with Crippen LogP contribution in [0.1, 0.15) is 52.6 Å². The predicted octanol–water partition coefficient (Wildman–Crippen LogP) is 3.81. The Hall–Kier alpha value is -2.84. The molecule has 3 aromatic rings. The van der Waals surface area contributed by atoms with E-state index in [9.17, 15) is 17.8 Å². The third-order valence-corrected chi connectivity index (χ3v) is 6.47. The Morgan fingerprint density at radius 2 is 1.90 bits per heavy atom. The number of furan rings is 1. The van der Waals surface area contributed by atoms with Crippen LogP contribution in [0.15, 0.2) is 34.9 Å². The van der Waals surface area contributed by atoms with E-state index < -0.39 is 15.8 Å². The molecule has 29 heavy (non-hydrogen) atoms.